The van der Waals surface area contributed by atoms with Gasteiger partial charge in [-0.15, -0.1) is 0 Å². The molecule has 1 atom stereocenters. The van der Waals surface area contributed by atoms with Gasteiger partial charge in [0, 0.05) is 25.7 Å². The summed E-state index contributed by atoms with van der Waals surface area (Å²) in [4.78, 5) is 38.1. The maximum Gasteiger partial charge on any atom is 0.322 e. The maximum atomic E-state index is 11.7. The van der Waals surface area contributed by atoms with Crippen molar-refractivity contribution < 1.29 is 14.4 Å². The highest BCUT2D eigenvalue weighted by molar-refractivity contribution is 6.04. The second kappa shape index (κ2) is 7.39. The first-order chi connectivity index (χ1) is 10.6. The molecule has 0 aromatic carbocycles. The standard InChI is InChI=1S/C14H19N5O3/c1-9-3-2-6-16-12(9)17-8-7-15-11(20)5-4-10-13(21)19-14(22)18-10/h2-3,6,10H,4-5,7-8H2,1H3,(H,15,20)(H,16,17)(H2,18,19,21,22). The smallest absolute Gasteiger partial charge is 0.322 e. The molecule has 0 spiro atoms. The summed E-state index contributed by atoms with van der Waals surface area (Å²) in [6.07, 6.45) is 2.17. The van der Waals surface area contributed by atoms with Gasteiger partial charge < -0.3 is 16.0 Å². The highest BCUT2D eigenvalue weighted by atomic mass is 16.2. The van der Waals surface area contributed by atoms with Crippen molar-refractivity contribution in [2.45, 2.75) is 25.8 Å². The molecule has 8 nitrogen and oxygen atoms in total. The van der Waals surface area contributed by atoms with Gasteiger partial charge in [0.15, 0.2) is 0 Å². The summed E-state index contributed by atoms with van der Waals surface area (Å²) in [5.41, 5.74) is 1.04. The number of hydrogen-bond acceptors (Lipinski definition) is 5. The lowest BCUT2D eigenvalue weighted by atomic mass is 10.1. The Morgan fingerprint density at radius 1 is 1.36 bits per heavy atom. The summed E-state index contributed by atoms with van der Waals surface area (Å²) in [7, 11) is 0. The van der Waals surface area contributed by atoms with Crippen LogP contribution in [0.4, 0.5) is 10.6 Å². The zero-order chi connectivity index (χ0) is 15.9. The number of hydrogen-bond donors (Lipinski definition) is 4. The molecule has 2 heterocycles. The maximum absolute atomic E-state index is 11.7. The Bertz CT molecular complexity index is 575. The molecule has 1 fully saturated rings. The molecule has 4 amide bonds. The number of nitrogens with zero attached hydrogens (tertiary/aromatic N) is 1. The van der Waals surface area contributed by atoms with Crippen molar-refractivity contribution in [3.8, 4) is 0 Å². The Hall–Kier alpha value is -2.64. The summed E-state index contributed by atoms with van der Waals surface area (Å²) in [5, 5.41) is 10.5. The van der Waals surface area contributed by atoms with Crippen molar-refractivity contribution in [2.24, 2.45) is 0 Å². The van der Waals surface area contributed by atoms with Gasteiger partial charge in [-0.3, -0.25) is 14.9 Å². The van der Waals surface area contributed by atoms with Crippen LogP contribution in [0.25, 0.3) is 0 Å². The minimum atomic E-state index is -0.618. The Balaban J connectivity index is 1.61. The number of aryl methyl sites for hydroxylation is 1. The molecule has 1 aromatic heterocycles. The molecule has 1 saturated heterocycles. The fourth-order valence-electron chi connectivity index (χ4n) is 2.08. The highest BCUT2D eigenvalue weighted by Gasteiger charge is 2.29. The van der Waals surface area contributed by atoms with Crippen LogP contribution >= 0.6 is 0 Å². The number of amides is 4. The monoisotopic (exact) mass is 305 g/mol. The van der Waals surface area contributed by atoms with E-state index in [0.717, 1.165) is 11.4 Å². The van der Waals surface area contributed by atoms with E-state index in [2.05, 4.69) is 26.3 Å². The van der Waals surface area contributed by atoms with Gasteiger partial charge in [0.2, 0.25) is 5.91 Å². The van der Waals surface area contributed by atoms with E-state index in [1.54, 1.807) is 6.20 Å². The van der Waals surface area contributed by atoms with E-state index >= 15 is 0 Å². The van der Waals surface area contributed by atoms with Crippen molar-refractivity contribution in [1.82, 2.24) is 20.9 Å². The van der Waals surface area contributed by atoms with E-state index < -0.39 is 12.1 Å². The minimum absolute atomic E-state index is 0.159. The van der Waals surface area contributed by atoms with E-state index in [0.29, 0.717) is 13.1 Å². The second-order valence-corrected chi connectivity index (χ2v) is 5.00. The molecule has 1 aromatic rings. The molecule has 8 heteroatoms. The molecule has 118 valence electrons. The summed E-state index contributed by atoms with van der Waals surface area (Å²) >= 11 is 0. The molecule has 1 aliphatic rings. The van der Waals surface area contributed by atoms with Gasteiger partial charge in [0.05, 0.1) is 0 Å². The summed E-state index contributed by atoms with van der Waals surface area (Å²) in [6.45, 7) is 2.97. The van der Waals surface area contributed by atoms with Crippen LogP contribution in [0.3, 0.4) is 0 Å². The lowest BCUT2D eigenvalue weighted by molar-refractivity contribution is -0.122. The number of nitrogens with one attached hydrogen (secondary N) is 4. The average Bonchev–Trinajstić information content (AvgIpc) is 2.81. The highest BCUT2D eigenvalue weighted by Crippen LogP contribution is 2.08. The topological polar surface area (TPSA) is 112 Å². The molecule has 1 aliphatic heterocycles. The lowest BCUT2D eigenvalue weighted by Crippen LogP contribution is -2.33. The van der Waals surface area contributed by atoms with Crippen LogP contribution in [0.2, 0.25) is 0 Å². The third-order valence-corrected chi connectivity index (χ3v) is 3.27. The van der Waals surface area contributed by atoms with Gasteiger partial charge in [0.1, 0.15) is 11.9 Å². The van der Waals surface area contributed by atoms with Crippen molar-refractivity contribution in [1.29, 1.82) is 0 Å². The molecule has 1 unspecified atom stereocenters. The van der Waals surface area contributed by atoms with Gasteiger partial charge in [-0.05, 0) is 25.0 Å². The number of carbonyl (C=O) groups is 3. The van der Waals surface area contributed by atoms with E-state index in [1.807, 2.05) is 19.1 Å². The molecule has 2 rings (SSSR count). The van der Waals surface area contributed by atoms with Crippen LogP contribution in [0.15, 0.2) is 18.3 Å². The molecule has 0 bridgehead atoms. The summed E-state index contributed by atoms with van der Waals surface area (Å²) < 4.78 is 0. The molecular weight excluding hydrogens is 286 g/mol. The Kier molecular flexibility index (Phi) is 5.29. The van der Waals surface area contributed by atoms with Crippen molar-refractivity contribution in [3.05, 3.63) is 23.9 Å². The largest absolute Gasteiger partial charge is 0.368 e. The number of pyridine rings is 1. The van der Waals surface area contributed by atoms with Crippen LogP contribution in [0, 0.1) is 6.92 Å². The molecule has 0 saturated carbocycles. The number of aromatic nitrogens is 1. The van der Waals surface area contributed by atoms with E-state index in [1.165, 1.54) is 0 Å². The Morgan fingerprint density at radius 3 is 2.86 bits per heavy atom. The first-order valence-electron chi connectivity index (χ1n) is 7.10. The average molecular weight is 305 g/mol. The van der Waals surface area contributed by atoms with Gasteiger partial charge in [0.25, 0.3) is 5.91 Å². The summed E-state index contributed by atoms with van der Waals surface area (Å²) in [6, 6.07) is 2.69. The zero-order valence-electron chi connectivity index (χ0n) is 12.3. The van der Waals surface area contributed by atoms with Gasteiger partial charge >= 0.3 is 6.03 Å². The molecule has 4 N–H and O–H groups in total. The van der Waals surface area contributed by atoms with Gasteiger partial charge in [-0.2, -0.15) is 0 Å². The third-order valence-electron chi connectivity index (χ3n) is 3.27. The van der Waals surface area contributed by atoms with Crippen LogP contribution in [-0.4, -0.2) is 42.0 Å². The van der Waals surface area contributed by atoms with Crippen molar-refractivity contribution >= 4 is 23.7 Å². The first kappa shape index (κ1) is 15.7. The quantitative estimate of drug-likeness (QED) is 0.415. The fourth-order valence-corrected chi connectivity index (χ4v) is 2.08. The zero-order valence-corrected chi connectivity index (χ0v) is 12.3. The number of rotatable bonds is 7. The van der Waals surface area contributed by atoms with Crippen LogP contribution in [0.1, 0.15) is 18.4 Å². The summed E-state index contributed by atoms with van der Waals surface area (Å²) in [5.74, 6) is 0.251. The number of anilines is 1. The van der Waals surface area contributed by atoms with Crippen LogP contribution < -0.4 is 21.3 Å². The lowest BCUT2D eigenvalue weighted by Gasteiger charge is -2.10. The van der Waals surface area contributed by atoms with E-state index in [4.69, 9.17) is 0 Å². The third kappa shape index (κ3) is 4.44. The van der Waals surface area contributed by atoms with Gasteiger partial charge in [-0.1, -0.05) is 6.07 Å². The first-order valence-corrected chi connectivity index (χ1v) is 7.10. The van der Waals surface area contributed by atoms with Gasteiger partial charge in [-0.25, -0.2) is 9.78 Å². The molecule has 0 aliphatic carbocycles. The van der Waals surface area contributed by atoms with Crippen molar-refractivity contribution in [2.75, 3.05) is 18.4 Å². The molecule has 22 heavy (non-hydrogen) atoms. The van der Waals surface area contributed by atoms with E-state index in [9.17, 15) is 14.4 Å². The van der Waals surface area contributed by atoms with Crippen molar-refractivity contribution in [3.63, 3.8) is 0 Å². The van der Waals surface area contributed by atoms with Crippen LogP contribution in [0.5, 0.6) is 0 Å². The molecule has 0 radical (unpaired) electrons. The minimum Gasteiger partial charge on any atom is -0.368 e. The Morgan fingerprint density at radius 2 is 2.18 bits per heavy atom. The van der Waals surface area contributed by atoms with E-state index in [-0.39, 0.29) is 24.7 Å². The molecular formula is C14H19N5O3. The predicted molar refractivity (Wildman–Crippen MR) is 80.2 cm³/mol. The number of carbonyl (C=O) groups excluding carboxylic acids is 3. The predicted octanol–water partition coefficient (Wildman–Crippen LogP) is -0.0937. The number of imide groups is 1. The SMILES string of the molecule is Cc1cccnc1NCCNC(=O)CCC1NC(=O)NC1=O. The van der Waals surface area contributed by atoms with Crippen LogP contribution in [-0.2, 0) is 9.59 Å². The normalized spacial score (nSPS) is 16.9. The number of urea groups is 1. The second-order valence-electron chi connectivity index (χ2n) is 5.00. The Labute approximate surface area is 128 Å². The fraction of sp³-hybridized carbons (Fsp3) is 0.429.